The molecule has 0 spiro atoms. The molecule has 0 bridgehead atoms. The Bertz CT molecular complexity index is 649. The van der Waals surface area contributed by atoms with Crippen LogP contribution in [0.15, 0.2) is 4.79 Å². The minimum Gasteiger partial charge on any atom is -0.378 e. The number of aromatic nitrogens is 2. The van der Waals surface area contributed by atoms with Crippen molar-refractivity contribution in [2.75, 3.05) is 44.4 Å². The van der Waals surface area contributed by atoms with Crippen LogP contribution in [0.25, 0.3) is 0 Å². The van der Waals surface area contributed by atoms with Gasteiger partial charge in [-0.3, -0.25) is 14.6 Å². The topological polar surface area (TPSA) is 96.6 Å². The van der Waals surface area contributed by atoms with Crippen LogP contribution in [-0.2, 0) is 20.7 Å². The highest BCUT2D eigenvalue weighted by molar-refractivity contribution is 5.76. The number of morpholine rings is 1. The smallest absolute Gasteiger partial charge is 0.255 e. The number of rotatable bonds is 6. The first-order valence-electron chi connectivity index (χ1n) is 8.94. The highest BCUT2D eigenvalue weighted by atomic mass is 16.5. The van der Waals surface area contributed by atoms with Gasteiger partial charge in [0.25, 0.3) is 5.56 Å². The second-order valence-corrected chi connectivity index (χ2v) is 6.49. The fraction of sp³-hybridized carbons (Fsp3) is 0.706. The van der Waals surface area contributed by atoms with E-state index in [0.29, 0.717) is 56.5 Å². The minimum atomic E-state index is -0.166. The van der Waals surface area contributed by atoms with Crippen molar-refractivity contribution < 1.29 is 14.3 Å². The lowest BCUT2D eigenvalue weighted by Gasteiger charge is -2.27. The maximum Gasteiger partial charge on any atom is 0.255 e. The fourth-order valence-corrected chi connectivity index (χ4v) is 3.17. The summed E-state index contributed by atoms with van der Waals surface area (Å²) in [6, 6.07) is 0. The molecule has 2 fully saturated rings. The van der Waals surface area contributed by atoms with Crippen LogP contribution in [0, 0.1) is 6.92 Å². The van der Waals surface area contributed by atoms with E-state index >= 15 is 0 Å². The van der Waals surface area contributed by atoms with Crippen molar-refractivity contribution in [3.05, 3.63) is 21.6 Å². The zero-order chi connectivity index (χ0) is 17.6. The number of hydrogen-bond donors (Lipinski definition) is 2. The first-order chi connectivity index (χ1) is 12.1. The molecule has 1 unspecified atom stereocenters. The molecule has 0 aliphatic carbocycles. The summed E-state index contributed by atoms with van der Waals surface area (Å²) in [6.45, 7) is 5.84. The number of nitrogens with one attached hydrogen (secondary N) is 2. The maximum atomic E-state index is 12.4. The van der Waals surface area contributed by atoms with Crippen LogP contribution in [0.3, 0.4) is 0 Å². The van der Waals surface area contributed by atoms with Crippen LogP contribution in [0.4, 0.5) is 5.95 Å². The number of anilines is 1. The lowest BCUT2D eigenvalue weighted by molar-refractivity contribution is -0.121. The molecule has 1 atom stereocenters. The van der Waals surface area contributed by atoms with E-state index in [1.165, 1.54) is 0 Å². The number of carbonyl (C=O) groups is 1. The van der Waals surface area contributed by atoms with Gasteiger partial charge in [0.05, 0.1) is 19.3 Å². The number of H-pyrrole nitrogens is 1. The lowest BCUT2D eigenvalue weighted by Crippen LogP contribution is -2.38. The average molecular weight is 350 g/mol. The van der Waals surface area contributed by atoms with E-state index in [1.54, 1.807) is 0 Å². The van der Waals surface area contributed by atoms with Gasteiger partial charge in [-0.1, -0.05) is 0 Å². The third-order valence-electron chi connectivity index (χ3n) is 4.67. The summed E-state index contributed by atoms with van der Waals surface area (Å²) >= 11 is 0. The zero-order valence-corrected chi connectivity index (χ0v) is 14.7. The Balaban J connectivity index is 1.54. The molecule has 0 saturated carbocycles. The van der Waals surface area contributed by atoms with Gasteiger partial charge in [0.15, 0.2) is 0 Å². The van der Waals surface area contributed by atoms with Gasteiger partial charge in [-0.25, -0.2) is 4.98 Å². The number of amides is 1. The Morgan fingerprint density at radius 1 is 1.36 bits per heavy atom. The van der Waals surface area contributed by atoms with Gasteiger partial charge in [0, 0.05) is 43.9 Å². The van der Waals surface area contributed by atoms with Gasteiger partial charge < -0.3 is 19.7 Å². The van der Waals surface area contributed by atoms with Gasteiger partial charge >= 0.3 is 0 Å². The number of hydrogen-bond acceptors (Lipinski definition) is 6. The Kier molecular flexibility index (Phi) is 6.04. The summed E-state index contributed by atoms with van der Waals surface area (Å²) in [6.07, 6.45) is 2.83. The first kappa shape index (κ1) is 17.9. The van der Waals surface area contributed by atoms with Crippen molar-refractivity contribution in [2.45, 2.75) is 38.7 Å². The standard InChI is InChI=1S/C17H26N4O4/c1-12-14(4-5-15(22)18-11-13-3-2-8-25-13)16(23)20-17(19-12)21-6-9-24-10-7-21/h13H,2-11H2,1H3,(H,18,22)(H,19,20,23). The molecule has 2 aliphatic rings. The molecule has 0 radical (unpaired) electrons. The molecule has 1 amide bonds. The second-order valence-electron chi connectivity index (χ2n) is 6.49. The second kappa shape index (κ2) is 8.44. The van der Waals surface area contributed by atoms with E-state index in [4.69, 9.17) is 9.47 Å². The SMILES string of the molecule is Cc1nc(N2CCOCC2)[nH]c(=O)c1CCC(=O)NCC1CCCO1. The number of aromatic amines is 1. The van der Waals surface area contributed by atoms with Gasteiger partial charge in [-0.05, 0) is 26.2 Å². The molecule has 2 aliphatic heterocycles. The largest absolute Gasteiger partial charge is 0.378 e. The monoisotopic (exact) mass is 350 g/mol. The Labute approximate surface area is 146 Å². The van der Waals surface area contributed by atoms with Crippen molar-refractivity contribution in [1.29, 1.82) is 0 Å². The van der Waals surface area contributed by atoms with Crippen LogP contribution in [0.5, 0.6) is 0 Å². The Morgan fingerprint density at radius 2 is 2.16 bits per heavy atom. The predicted molar refractivity (Wildman–Crippen MR) is 92.9 cm³/mol. The summed E-state index contributed by atoms with van der Waals surface area (Å²) in [5, 5.41) is 2.88. The normalized spacial score (nSPS) is 20.7. The average Bonchev–Trinajstić information content (AvgIpc) is 3.13. The minimum absolute atomic E-state index is 0.0634. The molecule has 138 valence electrons. The van der Waals surface area contributed by atoms with E-state index in [2.05, 4.69) is 15.3 Å². The fourth-order valence-electron chi connectivity index (χ4n) is 3.17. The molecule has 2 N–H and O–H groups in total. The predicted octanol–water partition coefficient (Wildman–Crippen LogP) is 0.143. The van der Waals surface area contributed by atoms with Gasteiger partial charge in [0.2, 0.25) is 11.9 Å². The quantitative estimate of drug-likeness (QED) is 0.758. The molecule has 3 heterocycles. The maximum absolute atomic E-state index is 12.4. The van der Waals surface area contributed by atoms with Crippen molar-refractivity contribution in [3.8, 4) is 0 Å². The number of aryl methyl sites for hydroxylation is 1. The van der Waals surface area contributed by atoms with Gasteiger partial charge in [-0.2, -0.15) is 0 Å². The Hall–Kier alpha value is -1.93. The third kappa shape index (κ3) is 4.79. The van der Waals surface area contributed by atoms with E-state index in [9.17, 15) is 9.59 Å². The Morgan fingerprint density at radius 3 is 2.84 bits per heavy atom. The van der Waals surface area contributed by atoms with E-state index in [-0.39, 0.29) is 24.0 Å². The summed E-state index contributed by atoms with van der Waals surface area (Å²) in [7, 11) is 0. The highest BCUT2D eigenvalue weighted by Crippen LogP contribution is 2.12. The number of carbonyl (C=O) groups excluding carboxylic acids is 1. The van der Waals surface area contributed by atoms with Crippen molar-refractivity contribution in [1.82, 2.24) is 15.3 Å². The molecule has 25 heavy (non-hydrogen) atoms. The number of ether oxygens (including phenoxy) is 2. The summed E-state index contributed by atoms with van der Waals surface area (Å²) in [4.78, 5) is 33.7. The van der Waals surface area contributed by atoms with Crippen molar-refractivity contribution in [2.24, 2.45) is 0 Å². The van der Waals surface area contributed by atoms with E-state index in [0.717, 1.165) is 19.4 Å². The molecule has 1 aromatic rings. The molecule has 3 rings (SSSR count). The lowest BCUT2D eigenvalue weighted by atomic mass is 10.1. The zero-order valence-electron chi connectivity index (χ0n) is 14.7. The molecule has 0 aromatic carbocycles. The molecular formula is C17H26N4O4. The first-order valence-corrected chi connectivity index (χ1v) is 8.94. The number of nitrogens with zero attached hydrogens (tertiary/aromatic N) is 2. The van der Waals surface area contributed by atoms with Crippen LogP contribution >= 0.6 is 0 Å². The summed E-state index contributed by atoms with van der Waals surface area (Å²) in [5.41, 5.74) is 1.09. The summed E-state index contributed by atoms with van der Waals surface area (Å²) in [5.74, 6) is 0.518. The third-order valence-corrected chi connectivity index (χ3v) is 4.67. The van der Waals surface area contributed by atoms with Crippen LogP contribution in [-0.4, -0.2) is 61.4 Å². The summed E-state index contributed by atoms with van der Waals surface area (Å²) < 4.78 is 10.8. The molecule has 1 aromatic heterocycles. The molecular weight excluding hydrogens is 324 g/mol. The van der Waals surface area contributed by atoms with Crippen molar-refractivity contribution in [3.63, 3.8) is 0 Å². The van der Waals surface area contributed by atoms with Gasteiger partial charge in [-0.15, -0.1) is 0 Å². The molecule has 8 nitrogen and oxygen atoms in total. The van der Waals surface area contributed by atoms with Gasteiger partial charge in [0.1, 0.15) is 0 Å². The van der Waals surface area contributed by atoms with Crippen molar-refractivity contribution >= 4 is 11.9 Å². The molecule has 2 saturated heterocycles. The van der Waals surface area contributed by atoms with Crippen LogP contribution in [0.2, 0.25) is 0 Å². The van der Waals surface area contributed by atoms with E-state index in [1.807, 2.05) is 11.8 Å². The van der Waals surface area contributed by atoms with Crippen LogP contribution in [0.1, 0.15) is 30.5 Å². The highest BCUT2D eigenvalue weighted by Gasteiger charge is 2.18. The molecule has 8 heteroatoms. The van der Waals surface area contributed by atoms with Crippen LogP contribution < -0.4 is 15.8 Å². The van der Waals surface area contributed by atoms with E-state index < -0.39 is 0 Å².